The third-order valence-corrected chi connectivity index (χ3v) is 8.51. The summed E-state index contributed by atoms with van der Waals surface area (Å²) in [7, 11) is -1.89. The Hall–Kier alpha value is -4.27. The van der Waals surface area contributed by atoms with Gasteiger partial charge in [0.1, 0.15) is 23.1 Å². The van der Waals surface area contributed by atoms with Crippen molar-refractivity contribution in [1.29, 1.82) is 0 Å². The molecule has 3 aromatic rings. The second-order valence-electron chi connectivity index (χ2n) is 11.8. The number of nitrogens with one attached hydrogen (secondary N) is 4. The largest absolute Gasteiger partial charge is 0.457 e. The number of ether oxygens (including phenoxy) is 2. The normalized spacial score (nSPS) is 16.6. The van der Waals surface area contributed by atoms with Gasteiger partial charge in [0.2, 0.25) is 10.0 Å². The maximum absolute atomic E-state index is 14.5. The predicted molar refractivity (Wildman–Crippen MR) is 181 cm³/mol. The van der Waals surface area contributed by atoms with Gasteiger partial charge in [0.15, 0.2) is 0 Å². The Balaban J connectivity index is 1.32. The highest BCUT2D eigenvalue weighted by Crippen LogP contribution is 2.27. The van der Waals surface area contributed by atoms with Crippen LogP contribution in [0.1, 0.15) is 54.9 Å². The van der Waals surface area contributed by atoms with Crippen molar-refractivity contribution < 1.29 is 36.3 Å². The first-order valence-electron chi connectivity index (χ1n) is 15.9. The summed E-state index contributed by atoms with van der Waals surface area (Å²) in [5.41, 5.74) is 0.885. The molecule has 4 rings (SSSR count). The van der Waals surface area contributed by atoms with E-state index < -0.39 is 33.6 Å². The second kappa shape index (κ2) is 17.2. The van der Waals surface area contributed by atoms with Crippen LogP contribution in [0.3, 0.4) is 0 Å². The zero-order valence-electron chi connectivity index (χ0n) is 27.4. The van der Waals surface area contributed by atoms with E-state index in [4.69, 9.17) is 9.47 Å². The number of carbonyl (C=O) groups is 2. The van der Waals surface area contributed by atoms with Gasteiger partial charge in [-0.1, -0.05) is 31.9 Å². The molecule has 11 nitrogen and oxygen atoms in total. The lowest BCUT2D eigenvalue weighted by Crippen LogP contribution is -2.50. The lowest BCUT2D eigenvalue weighted by molar-refractivity contribution is 0.0933. The highest BCUT2D eigenvalue weighted by Gasteiger charge is 2.29. The third-order valence-electron chi connectivity index (χ3n) is 7.91. The number of nitrogens with zero attached hydrogens (tertiary/aromatic N) is 1. The van der Waals surface area contributed by atoms with Gasteiger partial charge in [0.05, 0.1) is 24.1 Å². The van der Waals surface area contributed by atoms with E-state index in [1.165, 1.54) is 7.11 Å². The molecule has 2 atom stereocenters. The van der Waals surface area contributed by atoms with Crippen molar-refractivity contribution in [1.82, 2.24) is 15.5 Å². The number of carbonyl (C=O) groups excluding carboxylic acids is 2. The molecule has 0 spiro atoms. The summed E-state index contributed by atoms with van der Waals surface area (Å²) >= 11 is 0. The second-order valence-corrected chi connectivity index (χ2v) is 13.5. The number of unbranched alkanes of at least 4 members (excludes halogenated alkanes) is 1. The molecule has 2 unspecified atom stereocenters. The number of benzene rings is 3. The smallest absolute Gasteiger partial charge is 0.319 e. The zero-order valence-corrected chi connectivity index (χ0v) is 28.2. The van der Waals surface area contributed by atoms with E-state index in [-0.39, 0.29) is 36.5 Å². The van der Waals surface area contributed by atoms with E-state index in [0.29, 0.717) is 36.1 Å². The number of halogens is 2. The molecule has 3 amide bonds. The van der Waals surface area contributed by atoms with Gasteiger partial charge in [-0.2, -0.15) is 0 Å². The molecule has 1 aliphatic heterocycles. The summed E-state index contributed by atoms with van der Waals surface area (Å²) in [6.07, 6.45) is 5.50. The van der Waals surface area contributed by atoms with Crippen LogP contribution in [0.4, 0.5) is 25.0 Å². The van der Waals surface area contributed by atoms with E-state index in [1.54, 1.807) is 24.3 Å². The van der Waals surface area contributed by atoms with E-state index in [0.717, 1.165) is 50.2 Å². The number of rotatable bonds is 15. The van der Waals surface area contributed by atoms with Crippen molar-refractivity contribution in [3.05, 3.63) is 83.4 Å². The van der Waals surface area contributed by atoms with Crippen LogP contribution in [-0.2, 0) is 21.3 Å². The molecule has 0 aliphatic carbocycles. The third kappa shape index (κ3) is 11.2. The molecular weight excluding hydrogens is 644 g/mol. The van der Waals surface area contributed by atoms with Crippen molar-refractivity contribution in [2.24, 2.45) is 0 Å². The van der Waals surface area contributed by atoms with Crippen molar-refractivity contribution >= 4 is 33.3 Å². The van der Waals surface area contributed by atoms with Crippen LogP contribution in [0.2, 0.25) is 0 Å². The summed E-state index contributed by atoms with van der Waals surface area (Å²) in [4.78, 5) is 27.6. The molecule has 0 saturated carbocycles. The van der Waals surface area contributed by atoms with Crippen LogP contribution < -0.4 is 25.4 Å². The number of urea groups is 1. The zero-order chi connectivity index (χ0) is 34.7. The number of anilines is 2. The Morgan fingerprint density at radius 3 is 2.33 bits per heavy atom. The maximum Gasteiger partial charge on any atom is 0.319 e. The number of hydrogen-bond donors (Lipinski definition) is 4. The minimum Gasteiger partial charge on any atom is -0.457 e. The number of likely N-dealkylation sites (tertiary alicyclic amines) is 1. The van der Waals surface area contributed by atoms with Gasteiger partial charge in [0, 0.05) is 50.6 Å². The molecule has 0 radical (unpaired) electrons. The standard InChI is InChI=1S/C34H43F2N5O6S/c1-4-5-6-26-19-25(38-34(43)39-32-20-29(30(35)21-31(32)36)33(42)37-16-18-46-2)15-17-41(26)22-23-7-11-27(12-8-23)47-28-13-9-24(10-14-28)40-48(3,44)45/h7-14,20-21,25-26,40H,4-6,15-19,22H2,1-3H3,(H,37,42)(H2,38,39,43). The maximum atomic E-state index is 14.5. The Morgan fingerprint density at radius 2 is 1.69 bits per heavy atom. The molecule has 0 bridgehead atoms. The van der Waals surface area contributed by atoms with Crippen LogP contribution in [-0.4, -0.2) is 70.4 Å². The Labute approximate surface area is 280 Å². The first kappa shape index (κ1) is 36.6. The quantitative estimate of drug-likeness (QED) is 0.147. The number of piperidine rings is 1. The molecule has 0 aromatic heterocycles. The summed E-state index contributed by atoms with van der Waals surface area (Å²) in [6, 6.07) is 15.4. The van der Waals surface area contributed by atoms with Crippen LogP contribution in [0.5, 0.6) is 11.5 Å². The molecule has 1 aliphatic rings. The number of sulfonamides is 1. The predicted octanol–water partition coefficient (Wildman–Crippen LogP) is 5.85. The van der Waals surface area contributed by atoms with Crippen LogP contribution >= 0.6 is 0 Å². The van der Waals surface area contributed by atoms with Crippen molar-refractivity contribution in [2.45, 2.75) is 57.7 Å². The fraction of sp³-hybridized carbons (Fsp3) is 0.412. The Kier molecular flexibility index (Phi) is 13.1. The molecule has 14 heteroatoms. The lowest BCUT2D eigenvalue weighted by atomic mass is 9.93. The van der Waals surface area contributed by atoms with Gasteiger partial charge >= 0.3 is 6.03 Å². The Bertz CT molecular complexity index is 1640. The van der Waals surface area contributed by atoms with Crippen molar-refractivity contribution in [3.8, 4) is 11.5 Å². The first-order valence-corrected chi connectivity index (χ1v) is 17.8. The SMILES string of the molecule is CCCCC1CC(NC(=O)Nc2cc(C(=O)NCCOC)c(F)cc2F)CCN1Cc1ccc(Oc2ccc(NS(C)(=O)=O)cc2)cc1. The molecule has 260 valence electrons. The summed E-state index contributed by atoms with van der Waals surface area (Å²) in [5, 5.41) is 7.86. The summed E-state index contributed by atoms with van der Waals surface area (Å²) in [6.45, 7) is 3.97. The van der Waals surface area contributed by atoms with Gasteiger partial charge in [-0.15, -0.1) is 0 Å². The van der Waals surface area contributed by atoms with Crippen molar-refractivity contribution in [2.75, 3.05) is 43.1 Å². The molecule has 48 heavy (non-hydrogen) atoms. The summed E-state index contributed by atoms with van der Waals surface area (Å²) in [5.74, 6) is -1.53. The minimum atomic E-state index is -3.36. The van der Waals surface area contributed by atoms with Gasteiger partial charge in [-0.25, -0.2) is 22.0 Å². The molecule has 1 fully saturated rings. The Morgan fingerprint density at radius 1 is 1.00 bits per heavy atom. The highest BCUT2D eigenvalue weighted by molar-refractivity contribution is 7.92. The van der Waals surface area contributed by atoms with E-state index >= 15 is 0 Å². The molecule has 4 N–H and O–H groups in total. The first-order chi connectivity index (χ1) is 22.9. The van der Waals surface area contributed by atoms with Crippen molar-refractivity contribution in [3.63, 3.8) is 0 Å². The van der Waals surface area contributed by atoms with Crippen LogP contribution in [0, 0.1) is 11.6 Å². The number of methoxy groups -OCH3 is 1. The van der Waals surface area contributed by atoms with E-state index in [9.17, 15) is 26.8 Å². The summed E-state index contributed by atoms with van der Waals surface area (Å²) < 4.78 is 64.9. The average Bonchev–Trinajstić information content (AvgIpc) is 3.03. The molecular formula is C34H43F2N5O6S. The van der Waals surface area contributed by atoms with Crippen LogP contribution in [0.15, 0.2) is 60.7 Å². The van der Waals surface area contributed by atoms with Crippen LogP contribution in [0.25, 0.3) is 0 Å². The fourth-order valence-corrected chi connectivity index (χ4v) is 6.11. The van der Waals surface area contributed by atoms with E-state index in [1.807, 2.05) is 24.3 Å². The minimum absolute atomic E-state index is 0.151. The average molecular weight is 688 g/mol. The van der Waals surface area contributed by atoms with Gasteiger partial charge in [0.25, 0.3) is 5.91 Å². The van der Waals surface area contributed by atoms with Gasteiger partial charge in [-0.05, 0) is 67.3 Å². The van der Waals surface area contributed by atoms with Gasteiger partial charge < -0.3 is 25.4 Å². The highest BCUT2D eigenvalue weighted by atomic mass is 32.2. The molecule has 1 saturated heterocycles. The molecule has 1 heterocycles. The lowest BCUT2D eigenvalue weighted by Gasteiger charge is -2.40. The van der Waals surface area contributed by atoms with E-state index in [2.05, 4.69) is 32.5 Å². The topological polar surface area (TPSA) is 138 Å². The van der Waals surface area contributed by atoms with Gasteiger partial charge in [-0.3, -0.25) is 14.4 Å². The molecule has 3 aromatic carbocycles. The number of amides is 3. The fourth-order valence-electron chi connectivity index (χ4n) is 5.54. The number of hydrogen-bond acceptors (Lipinski definition) is 7. The monoisotopic (exact) mass is 687 g/mol.